The van der Waals surface area contributed by atoms with Crippen LogP contribution in [0.1, 0.15) is 10.4 Å². The third-order valence-corrected chi connectivity index (χ3v) is 6.56. The molecule has 1 N–H and O–H groups in total. The van der Waals surface area contributed by atoms with Gasteiger partial charge in [-0.15, -0.1) is 0 Å². The average molecular weight is 501 g/mol. The van der Waals surface area contributed by atoms with Gasteiger partial charge in [-0.25, -0.2) is 0 Å². The van der Waals surface area contributed by atoms with Crippen LogP contribution in [-0.4, -0.2) is 25.1 Å². The van der Waals surface area contributed by atoms with E-state index in [0.717, 1.165) is 32.6 Å². The van der Waals surface area contributed by atoms with E-state index in [4.69, 9.17) is 14.2 Å². The zero-order chi connectivity index (χ0) is 26.1. The summed E-state index contributed by atoms with van der Waals surface area (Å²) < 4.78 is 17.4. The number of nitrogens with zero attached hydrogens (tertiary/aromatic N) is 1. The van der Waals surface area contributed by atoms with Crippen LogP contribution in [0, 0.1) is 0 Å². The molecule has 6 heteroatoms. The van der Waals surface area contributed by atoms with Crippen LogP contribution in [-0.2, 0) is 0 Å². The van der Waals surface area contributed by atoms with E-state index in [1.807, 2.05) is 84.9 Å². The topological polar surface area (TPSA) is 69.7 Å². The van der Waals surface area contributed by atoms with E-state index in [2.05, 4.69) is 10.3 Å². The molecule has 0 aliphatic heterocycles. The molecular formula is C32H24N2O4. The van der Waals surface area contributed by atoms with E-state index in [0.29, 0.717) is 34.1 Å². The number of fused-ring (bicyclic) bond motifs is 3. The van der Waals surface area contributed by atoms with Crippen molar-refractivity contribution in [3.8, 4) is 23.0 Å². The zero-order valence-corrected chi connectivity index (χ0v) is 20.9. The number of anilines is 1. The van der Waals surface area contributed by atoms with E-state index in [9.17, 15) is 4.79 Å². The molecule has 0 saturated heterocycles. The van der Waals surface area contributed by atoms with E-state index in [1.165, 1.54) is 0 Å². The van der Waals surface area contributed by atoms with E-state index in [-0.39, 0.29) is 5.91 Å². The Balaban J connectivity index is 1.45. The molecule has 6 aromatic rings. The number of carbonyl (C=O) groups is 1. The summed E-state index contributed by atoms with van der Waals surface area (Å²) >= 11 is 0. The number of rotatable bonds is 6. The van der Waals surface area contributed by atoms with Gasteiger partial charge in [-0.1, -0.05) is 60.7 Å². The number of pyridine rings is 1. The van der Waals surface area contributed by atoms with Gasteiger partial charge in [0.15, 0.2) is 11.5 Å². The molecule has 1 heterocycles. The first-order valence-corrected chi connectivity index (χ1v) is 12.1. The second-order valence-corrected chi connectivity index (χ2v) is 8.81. The Morgan fingerprint density at radius 3 is 2.13 bits per heavy atom. The van der Waals surface area contributed by atoms with Crippen LogP contribution in [0.4, 0.5) is 5.69 Å². The predicted molar refractivity (Wildman–Crippen MR) is 151 cm³/mol. The first-order chi connectivity index (χ1) is 18.6. The molecule has 0 aliphatic carbocycles. The summed E-state index contributed by atoms with van der Waals surface area (Å²) in [5.74, 6) is 1.85. The minimum absolute atomic E-state index is 0.264. The van der Waals surface area contributed by atoms with Crippen molar-refractivity contribution in [3.63, 3.8) is 0 Å². The number of hydrogen-bond donors (Lipinski definition) is 1. The fourth-order valence-corrected chi connectivity index (χ4v) is 4.66. The number of aromatic nitrogens is 1. The molecule has 186 valence electrons. The third kappa shape index (κ3) is 4.22. The first kappa shape index (κ1) is 23.3. The Labute approximate surface area is 219 Å². The highest BCUT2D eigenvalue weighted by Crippen LogP contribution is 2.38. The summed E-state index contributed by atoms with van der Waals surface area (Å²) in [6.45, 7) is 0. The Kier molecular flexibility index (Phi) is 5.98. The molecule has 0 unspecified atom stereocenters. The number of carbonyl (C=O) groups excluding carboxylic acids is 1. The lowest BCUT2D eigenvalue weighted by Crippen LogP contribution is -2.13. The standard InChI is InChI=1S/C32H24N2O4/c1-36-30-18-24-27(19-31(30)37-2)33-15-14-28(24)38-29-17-22-10-4-3-9-21(22)16-25(29)32(35)34-26-13-7-11-20-8-5-6-12-23(20)26/h3-19H,1-2H3,(H,34,35). The van der Waals surface area contributed by atoms with Crippen molar-refractivity contribution in [2.75, 3.05) is 19.5 Å². The monoisotopic (exact) mass is 500 g/mol. The van der Waals surface area contributed by atoms with Crippen LogP contribution in [0.15, 0.2) is 103 Å². The summed E-state index contributed by atoms with van der Waals surface area (Å²) in [6.07, 6.45) is 1.67. The summed E-state index contributed by atoms with van der Waals surface area (Å²) in [7, 11) is 3.17. The minimum atomic E-state index is -0.264. The normalized spacial score (nSPS) is 11.0. The van der Waals surface area contributed by atoms with Gasteiger partial charge in [0.05, 0.1) is 25.3 Å². The van der Waals surface area contributed by atoms with Crippen LogP contribution in [0.2, 0.25) is 0 Å². The molecular weight excluding hydrogens is 476 g/mol. The molecule has 1 aromatic heterocycles. The molecule has 0 radical (unpaired) electrons. The summed E-state index contributed by atoms with van der Waals surface area (Å²) in [5.41, 5.74) is 1.84. The van der Waals surface area contributed by atoms with Crippen LogP contribution in [0.3, 0.4) is 0 Å². The van der Waals surface area contributed by atoms with Crippen molar-refractivity contribution in [1.29, 1.82) is 0 Å². The molecule has 0 fully saturated rings. The number of amides is 1. The third-order valence-electron chi connectivity index (χ3n) is 6.56. The fraction of sp³-hybridized carbons (Fsp3) is 0.0625. The molecule has 6 nitrogen and oxygen atoms in total. The number of methoxy groups -OCH3 is 2. The molecule has 6 rings (SSSR count). The van der Waals surface area contributed by atoms with Gasteiger partial charge in [-0.2, -0.15) is 0 Å². The Morgan fingerprint density at radius 1 is 0.658 bits per heavy atom. The van der Waals surface area contributed by atoms with Gasteiger partial charge in [0.1, 0.15) is 11.5 Å². The van der Waals surface area contributed by atoms with E-state index in [1.54, 1.807) is 32.5 Å². The first-order valence-electron chi connectivity index (χ1n) is 12.1. The Morgan fingerprint density at radius 2 is 1.34 bits per heavy atom. The summed E-state index contributed by atoms with van der Waals surface area (Å²) in [6, 6.07) is 30.8. The summed E-state index contributed by atoms with van der Waals surface area (Å²) in [5, 5.41) is 7.74. The van der Waals surface area contributed by atoms with Crippen molar-refractivity contribution in [2.24, 2.45) is 0 Å². The van der Waals surface area contributed by atoms with Crippen molar-refractivity contribution in [3.05, 3.63) is 109 Å². The minimum Gasteiger partial charge on any atom is -0.493 e. The SMILES string of the molecule is COc1cc2nccc(Oc3cc4ccccc4cc3C(=O)Nc3cccc4ccccc34)c2cc1OC. The molecule has 0 saturated carbocycles. The van der Waals surface area contributed by atoms with Crippen LogP contribution in [0.25, 0.3) is 32.4 Å². The van der Waals surface area contributed by atoms with Crippen LogP contribution >= 0.6 is 0 Å². The molecule has 0 atom stereocenters. The highest BCUT2D eigenvalue weighted by molar-refractivity contribution is 6.12. The number of ether oxygens (including phenoxy) is 3. The predicted octanol–water partition coefficient (Wildman–Crippen LogP) is 7.60. The molecule has 38 heavy (non-hydrogen) atoms. The van der Waals surface area contributed by atoms with Crippen molar-refractivity contribution in [2.45, 2.75) is 0 Å². The van der Waals surface area contributed by atoms with Crippen LogP contribution < -0.4 is 19.5 Å². The second-order valence-electron chi connectivity index (χ2n) is 8.81. The lowest BCUT2D eigenvalue weighted by atomic mass is 10.0. The van der Waals surface area contributed by atoms with E-state index >= 15 is 0 Å². The van der Waals surface area contributed by atoms with Gasteiger partial charge in [-0.05, 0) is 46.5 Å². The van der Waals surface area contributed by atoms with Gasteiger partial charge >= 0.3 is 0 Å². The van der Waals surface area contributed by atoms with E-state index < -0.39 is 0 Å². The fourth-order valence-electron chi connectivity index (χ4n) is 4.66. The highest BCUT2D eigenvalue weighted by Gasteiger charge is 2.18. The van der Waals surface area contributed by atoms with Gasteiger partial charge in [0.25, 0.3) is 5.91 Å². The van der Waals surface area contributed by atoms with Gasteiger partial charge in [0.2, 0.25) is 0 Å². The maximum atomic E-state index is 13.7. The maximum absolute atomic E-state index is 13.7. The van der Waals surface area contributed by atoms with Gasteiger partial charge in [0, 0.05) is 28.7 Å². The summed E-state index contributed by atoms with van der Waals surface area (Å²) in [4.78, 5) is 18.2. The molecule has 1 amide bonds. The lowest BCUT2D eigenvalue weighted by Gasteiger charge is -2.16. The Hall–Kier alpha value is -5.10. The lowest BCUT2D eigenvalue weighted by molar-refractivity contribution is 0.102. The molecule has 5 aromatic carbocycles. The number of benzene rings is 5. The molecule has 0 bridgehead atoms. The van der Waals surface area contributed by atoms with Crippen molar-refractivity contribution >= 4 is 44.0 Å². The number of nitrogens with one attached hydrogen (secondary N) is 1. The van der Waals surface area contributed by atoms with Crippen molar-refractivity contribution in [1.82, 2.24) is 4.98 Å². The van der Waals surface area contributed by atoms with Crippen LogP contribution in [0.5, 0.6) is 23.0 Å². The second kappa shape index (κ2) is 9.75. The smallest absolute Gasteiger partial charge is 0.259 e. The van der Waals surface area contributed by atoms with Crippen molar-refractivity contribution < 1.29 is 19.0 Å². The maximum Gasteiger partial charge on any atom is 0.259 e. The Bertz CT molecular complexity index is 1830. The molecule has 0 spiro atoms. The highest BCUT2D eigenvalue weighted by atomic mass is 16.5. The van der Waals surface area contributed by atoms with Gasteiger partial charge < -0.3 is 19.5 Å². The largest absolute Gasteiger partial charge is 0.493 e. The zero-order valence-electron chi connectivity index (χ0n) is 20.9. The average Bonchev–Trinajstić information content (AvgIpc) is 2.96. The number of hydrogen-bond acceptors (Lipinski definition) is 5. The molecule has 0 aliphatic rings. The van der Waals surface area contributed by atoms with Gasteiger partial charge in [-0.3, -0.25) is 9.78 Å². The quantitative estimate of drug-likeness (QED) is 0.255.